The van der Waals surface area contributed by atoms with Crippen LogP contribution >= 0.6 is 7.60 Å². The van der Waals surface area contributed by atoms with Gasteiger partial charge in [0, 0.05) is 20.6 Å². The van der Waals surface area contributed by atoms with Crippen molar-refractivity contribution in [2.24, 2.45) is 5.92 Å². The van der Waals surface area contributed by atoms with E-state index in [2.05, 4.69) is 13.8 Å². The Bertz CT molecular complexity index is 280. The lowest BCUT2D eigenvalue weighted by molar-refractivity contribution is -0.900. The van der Waals surface area contributed by atoms with Crippen molar-refractivity contribution < 1.29 is 23.2 Å². The Kier molecular flexibility index (Phi) is 7.04. The third-order valence-electron chi connectivity index (χ3n) is 3.12. The first-order valence-corrected chi connectivity index (χ1v) is 7.98. The van der Waals surface area contributed by atoms with Crippen LogP contribution in [0.25, 0.3) is 0 Å². The number of rotatable bonds is 8. The zero-order valence-electron chi connectivity index (χ0n) is 12.7. The molecule has 0 radical (unpaired) electrons. The lowest BCUT2D eigenvalue weighted by atomic mass is 9.97. The predicted molar refractivity (Wildman–Crippen MR) is 73.8 cm³/mol. The van der Waals surface area contributed by atoms with Gasteiger partial charge in [-0.15, -0.1) is 0 Å². The molecule has 0 aliphatic rings. The maximum absolute atomic E-state index is 12.1. The first kappa shape index (κ1) is 18.1. The van der Waals surface area contributed by atoms with Gasteiger partial charge in [0.25, 0.3) is 0 Å². The van der Waals surface area contributed by atoms with Crippen molar-refractivity contribution in [1.82, 2.24) is 0 Å². The van der Waals surface area contributed by atoms with Crippen LogP contribution < -0.4 is 0 Å². The molecule has 0 aliphatic carbocycles. The fourth-order valence-electron chi connectivity index (χ4n) is 2.05. The summed E-state index contributed by atoms with van der Waals surface area (Å²) < 4.78 is 22.5. The summed E-state index contributed by atoms with van der Waals surface area (Å²) in [5, 5.41) is 10.3. The van der Waals surface area contributed by atoms with Crippen molar-refractivity contribution in [3.8, 4) is 0 Å². The van der Waals surface area contributed by atoms with Gasteiger partial charge in [-0.25, -0.2) is 0 Å². The van der Waals surface area contributed by atoms with Crippen LogP contribution in [0.3, 0.4) is 0 Å². The van der Waals surface area contributed by atoms with E-state index in [1.54, 1.807) is 0 Å². The Morgan fingerprint density at radius 2 is 1.61 bits per heavy atom. The van der Waals surface area contributed by atoms with Crippen LogP contribution in [0, 0.1) is 5.92 Å². The standard InChI is InChI=1S/C12H29NO4P/c1-10(2)8-11(13(3,4)5)12(14)9-18(15,16-6)17-7/h10-12,14H,8-9H2,1-7H3/q+1/t11?,12-/m0/s1. The van der Waals surface area contributed by atoms with Gasteiger partial charge in [0.15, 0.2) is 0 Å². The van der Waals surface area contributed by atoms with E-state index in [1.165, 1.54) is 14.2 Å². The molecule has 0 aliphatic heterocycles. The minimum Gasteiger partial charge on any atom is -0.386 e. The summed E-state index contributed by atoms with van der Waals surface area (Å²) in [6, 6.07) is 0.00336. The Labute approximate surface area is 111 Å². The molecule has 1 N–H and O–H groups in total. The summed E-state index contributed by atoms with van der Waals surface area (Å²) >= 11 is 0. The highest BCUT2D eigenvalue weighted by Gasteiger charge is 2.37. The molecule has 0 aromatic rings. The minimum absolute atomic E-state index is 0.00336. The molecule has 0 spiro atoms. The Hall–Kier alpha value is 0.0700. The monoisotopic (exact) mass is 282 g/mol. The number of likely N-dealkylation sites (N-methyl/N-ethyl adjacent to an activating group) is 1. The quantitative estimate of drug-likeness (QED) is 0.546. The fraction of sp³-hybridized carbons (Fsp3) is 1.00. The highest BCUT2D eigenvalue weighted by atomic mass is 31.2. The van der Waals surface area contributed by atoms with Gasteiger partial charge >= 0.3 is 7.60 Å². The van der Waals surface area contributed by atoms with E-state index in [0.29, 0.717) is 10.4 Å². The maximum Gasteiger partial charge on any atom is 0.332 e. The molecule has 0 saturated heterocycles. The molecule has 110 valence electrons. The molecule has 6 heteroatoms. The van der Waals surface area contributed by atoms with Crippen LogP contribution in [0.2, 0.25) is 0 Å². The van der Waals surface area contributed by atoms with Crippen molar-refractivity contribution in [3.05, 3.63) is 0 Å². The largest absolute Gasteiger partial charge is 0.386 e. The average molecular weight is 282 g/mol. The summed E-state index contributed by atoms with van der Waals surface area (Å²) in [7, 11) is 5.62. The molecular formula is C12H29NO4P+. The number of nitrogens with zero attached hydrogens (tertiary/aromatic N) is 1. The first-order valence-electron chi connectivity index (χ1n) is 6.25. The Balaban J connectivity index is 4.87. The van der Waals surface area contributed by atoms with Gasteiger partial charge in [-0.2, -0.15) is 0 Å². The molecule has 0 heterocycles. The van der Waals surface area contributed by atoms with E-state index in [4.69, 9.17) is 9.05 Å². The Morgan fingerprint density at radius 1 is 1.17 bits per heavy atom. The van der Waals surface area contributed by atoms with E-state index >= 15 is 0 Å². The van der Waals surface area contributed by atoms with Gasteiger partial charge in [-0.3, -0.25) is 4.57 Å². The molecule has 0 saturated carbocycles. The van der Waals surface area contributed by atoms with Crippen molar-refractivity contribution in [1.29, 1.82) is 0 Å². The minimum atomic E-state index is -3.16. The van der Waals surface area contributed by atoms with Crippen LogP contribution in [-0.4, -0.2) is 63.3 Å². The molecule has 0 fully saturated rings. The predicted octanol–water partition coefficient (Wildman–Crippen LogP) is 1.95. The molecule has 5 nitrogen and oxygen atoms in total. The smallest absolute Gasteiger partial charge is 0.332 e. The molecular weight excluding hydrogens is 253 g/mol. The second kappa shape index (κ2) is 7.01. The molecule has 18 heavy (non-hydrogen) atoms. The van der Waals surface area contributed by atoms with E-state index in [-0.39, 0.29) is 12.2 Å². The van der Waals surface area contributed by atoms with E-state index in [9.17, 15) is 9.67 Å². The van der Waals surface area contributed by atoms with Gasteiger partial charge in [-0.05, 0) is 5.92 Å². The number of hydrogen-bond acceptors (Lipinski definition) is 4. The van der Waals surface area contributed by atoms with E-state index in [0.717, 1.165) is 6.42 Å². The van der Waals surface area contributed by atoms with Crippen molar-refractivity contribution in [2.75, 3.05) is 41.5 Å². The van der Waals surface area contributed by atoms with Crippen LogP contribution in [-0.2, 0) is 13.6 Å². The number of hydrogen-bond donors (Lipinski definition) is 1. The van der Waals surface area contributed by atoms with Crippen LogP contribution in [0.15, 0.2) is 0 Å². The summed E-state index contributed by atoms with van der Waals surface area (Å²) in [5.74, 6) is 0.464. The summed E-state index contributed by atoms with van der Waals surface area (Å²) in [6.07, 6.45) is 0.184. The van der Waals surface area contributed by atoms with Crippen molar-refractivity contribution in [3.63, 3.8) is 0 Å². The first-order chi connectivity index (χ1) is 8.05. The lowest BCUT2D eigenvalue weighted by Gasteiger charge is -2.38. The van der Waals surface area contributed by atoms with Crippen LogP contribution in [0.1, 0.15) is 20.3 Å². The third kappa shape index (κ3) is 5.81. The van der Waals surface area contributed by atoms with Gasteiger partial charge in [0.2, 0.25) is 0 Å². The molecule has 2 atom stereocenters. The van der Waals surface area contributed by atoms with E-state index in [1.807, 2.05) is 21.1 Å². The zero-order valence-corrected chi connectivity index (χ0v) is 13.6. The fourth-order valence-corrected chi connectivity index (χ4v) is 3.20. The second-order valence-electron chi connectivity index (χ2n) is 6.04. The zero-order chi connectivity index (χ0) is 14.6. The van der Waals surface area contributed by atoms with Crippen LogP contribution in [0.5, 0.6) is 0 Å². The summed E-state index contributed by atoms with van der Waals surface area (Å²) in [4.78, 5) is 0. The second-order valence-corrected chi connectivity index (χ2v) is 8.36. The van der Waals surface area contributed by atoms with Gasteiger partial charge in [0.1, 0.15) is 12.1 Å². The normalized spacial score (nSPS) is 16.9. The van der Waals surface area contributed by atoms with Crippen molar-refractivity contribution >= 4 is 7.60 Å². The van der Waals surface area contributed by atoms with Crippen molar-refractivity contribution in [2.45, 2.75) is 32.4 Å². The number of quaternary nitrogens is 1. The van der Waals surface area contributed by atoms with Crippen LogP contribution in [0.4, 0.5) is 0 Å². The van der Waals surface area contributed by atoms with Gasteiger partial charge in [-0.1, -0.05) is 13.8 Å². The molecule has 0 aromatic carbocycles. The molecule has 0 rings (SSSR count). The number of aliphatic hydroxyl groups excluding tert-OH is 1. The topological polar surface area (TPSA) is 55.8 Å². The van der Waals surface area contributed by atoms with E-state index < -0.39 is 13.7 Å². The average Bonchev–Trinajstić information content (AvgIpc) is 2.23. The maximum atomic E-state index is 12.1. The lowest BCUT2D eigenvalue weighted by Crippen LogP contribution is -2.53. The third-order valence-corrected chi connectivity index (χ3v) is 5.05. The molecule has 1 unspecified atom stereocenters. The molecule has 0 amide bonds. The summed E-state index contributed by atoms with van der Waals surface area (Å²) in [5.41, 5.74) is 0. The highest BCUT2D eigenvalue weighted by Crippen LogP contribution is 2.47. The highest BCUT2D eigenvalue weighted by molar-refractivity contribution is 7.53. The van der Waals surface area contributed by atoms with Gasteiger partial charge < -0.3 is 18.6 Å². The van der Waals surface area contributed by atoms with Gasteiger partial charge in [0.05, 0.1) is 27.3 Å². The molecule has 0 bridgehead atoms. The SMILES string of the molecule is COP(=O)(C[C@H](O)C(CC(C)C)[N+](C)(C)C)OC. The Morgan fingerprint density at radius 3 is 1.89 bits per heavy atom. The molecule has 0 aromatic heterocycles. The summed E-state index contributed by atoms with van der Waals surface area (Å²) in [6.45, 7) is 4.23. The number of aliphatic hydroxyl groups is 1.